The van der Waals surface area contributed by atoms with Crippen LogP contribution in [0.15, 0.2) is 42.5 Å². The Labute approximate surface area is 147 Å². The number of carbonyl (C=O) groups is 2. The van der Waals surface area contributed by atoms with Crippen LogP contribution in [0.1, 0.15) is 29.5 Å². The number of aliphatic hydroxyl groups is 1. The molecule has 3 N–H and O–H groups in total. The van der Waals surface area contributed by atoms with Crippen molar-refractivity contribution in [2.45, 2.75) is 32.8 Å². The van der Waals surface area contributed by atoms with E-state index in [0.29, 0.717) is 18.5 Å². The number of anilines is 2. The number of rotatable bonds is 5. The highest BCUT2D eigenvalue weighted by Gasteiger charge is 2.26. The van der Waals surface area contributed by atoms with E-state index in [1.54, 1.807) is 6.07 Å². The Morgan fingerprint density at radius 1 is 1.28 bits per heavy atom. The minimum absolute atomic E-state index is 0.0232. The predicted molar refractivity (Wildman–Crippen MR) is 97.2 cm³/mol. The van der Waals surface area contributed by atoms with E-state index in [0.717, 1.165) is 22.4 Å². The smallest absolute Gasteiger partial charge is 0.227 e. The number of aryl methyl sites for hydroxylation is 1. The second-order valence-electron chi connectivity index (χ2n) is 6.44. The molecule has 1 aliphatic rings. The van der Waals surface area contributed by atoms with Crippen LogP contribution in [0.2, 0.25) is 0 Å². The van der Waals surface area contributed by atoms with Crippen LogP contribution in [0.5, 0.6) is 0 Å². The van der Waals surface area contributed by atoms with Gasteiger partial charge in [0, 0.05) is 23.7 Å². The first kappa shape index (κ1) is 17.2. The first-order valence-corrected chi connectivity index (χ1v) is 8.46. The first-order chi connectivity index (χ1) is 12.1. The Morgan fingerprint density at radius 3 is 2.88 bits per heavy atom. The Hall–Kier alpha value is -2.66. The second-order valence-corrected chi connectivity index (χ2v) is 6.44. The quantitative estimate of drug-likeness (QED) is 0.784. The van der Waals surface area contributed by atoms with Gasteiger partial charge in [-0.2, -0.15) is 0 Å². The topological polar surface area (TPSA) is 78.4 Å². The number of nitrogens with one attached hydrogen (secondary N) is 2. The molecule has 0 saturated carbocycles. The van der Waals surface area contributed by atoms with E-state index >= 15 is 0 Å². The summed E-state index contributed by atoms with van der Waals surface area (Å²) in [5.74, 6) is -0.333. The van der Waals surface area contributed by atoms with E-state index in [-0.39, 0.29) is 30.8 Å². The highest BCUT2D eigenvalue weighted by atomic mass is 16.3. The lowest BCUT2D eigenvalue weighted by Crippen LogP contribution is -2.30. The number of para-hydroxylation sites is 1. The molecule has 2 amide bonds. The number of carbonyl (C=O) groups excluding carboxylic acids is 2. The van der Waals surface area contributed by atoms with Crippen LogP contribution in [0.4, 0.5) is 11.4 Å². The number of hydrogen-bond donors (Lipinski definition) is 3. The molecule has 25 heavy (non-hydrogen) atoms. The Morgan fingerprint density at radius 2 is 2.08 bits per heavy atom. The van der Waals surface area contributed by atoms with Gasteiger partial charge in [-0.1, -0.05) is 30.3 Å². The number of aliphatic hydroxyl groups excluding tert-OH is 1. The molecule has 1 atom stereocenters. The van der Waals surface area contributed by atoms with Gasteiger partial charge >= 0.3 is 0 Å². The van der Waals surface area contributed by atoms with Gasteiger partial charge in [-0.15, -0.1) is 0 Å². The molecule has 0 radical (unpaired) electrons. The fourth-order valence-electron chi connectivity index (χ4n) is 3.07. The molecule has 0 bridgehead atoms. The molecule has 0 aliphatic carbocycles. The molecule has 0 fully saturated rings. The fraction of sp³-hybridized carbons (Fsp3) is 0.300. The third-order valence-electron chi connectivity index (χ3n) is 4.59. The van der Waals surface area contributed by atoms with Gasteiger partial charge in [0.25, 0.3) is 0 Å². The van der Waals surface area contributed by atoms with Crippen LogP contribution >= 0.6 is 0 Å². The van der Waals surface area contributed by atoms with Crippen LogP contribution in [0.3, 0.4) is 0 Å². The zero-order valence-corrected chi connectivity index (χ0v) is 14.2. The van der Waals surface area contributed by atoms with Crippen molar-refractivity contribution in [1.82, 2.24) is 0 Å². The summed E-state index contributed by atoms with van der Waals surface area (Å²) in [5, 5.41) is 15.0. The van der Waals surface area contributed by atoms with Crippen molar-refractivity contribution in [3.8, 4) is 0 Å². The van der Waals surface area contributed by atoms with Gasteiger partial charge in [-0.3, -0.25) is 9.59 Å². The summed E-state index contributed by atoms with van der Waals surface area (Å²) in [4.78, 5) is 24.4. The molecule has 2 aromatic rings. The minimum Gasteiger partial charge on any atom is -0.392 e. The molecule has 1 unspecified atom stereocenters. The van der Waals surface area contributed by atoms with Crippen LogP contribution < -0.4 is 10.6 Å². The zero-order valence-electron chi connectivity index (χ0n) is 14.2. The van der Waals surface area contributed by atoms with Crippen molar-refractivity contribution in [3.63, 3.8) is 0 Å². The van der Waals surface area contributed by atoms with Crippen molar-refractivity contribution < 1.29 is 14.7 Å². The number of amides is 2. The normalized spacial score (nSPS) is 16.1. The van der Waals surface area contributed by atoms with E-state index in [9.17, 15) is 14.7 Å². The van der Waals surface area contributed by atoms with Crippen LogP contribution in [0.25, 0.3) is 0 Å². The minimum atomic E-state index is -0.189. The Kier molecular flexibility index (Phi) is 5.14. The van der Waals surface area contributed by atoms with E-state index in [1.165, 1.54) is 0 Å². The molecule has 1 aliphatic heterocycles. The van der Waals surface area contributed by atoms with Gasteiger partial charge in [-0.25, -0.2) is 0 Å². The molecule has 130 valence electrons. The summed E-state index contributed by atoms with van der Waals surface area (Å²) < 4.78 is 0. The summed E-state index contributed by atoms with van der Waals surface area (Å²) in [6.45, 7) is 1.84. The summed E-state index contributed by atoms with van der Waals surface area (Å²) in [6, 6.07) is 13.2. The third kappa shape index (κ3) is 4.06. The molecular formula is C20H22N2O3. The zero-order chi connectivity index (χ0) is 17.8. The SMILES string of the molecule is Cc1ccc(CO)cc1NC(=O)CCC1Cc2ccccc2NC1=O. The maximum atomic E-state index is 12.3. The van der Waals surface area contributed by atoms with Gasteiger partial charge in [0.1, 0.15) is 0 Å². The molecular weight excluding hydrogens is 316 g/mol. The molecule has 5 nitrogen and oxygen atoms in total. The largest absolute Gasteiger partial charge is 0.392 e. The summed E-state index contributed by atoms with van der Waals surface area (Å²) >= 11 is 0. The third-order valence-corrected chi connectivity index (χ3v) is 4.59. The summed E-state index contributed by atoms with van der Waals surface area (Å²) in [7, 11) is 0. The van der Waals surface area contributed by atoms with Gasteiger partial charge < -0.3 is 15.7 Å². The van der Waals surface area contributed by atoms with Gasteiger partial charge in [0.15, 0.2) is 0 Å². The fourth-order valence-corrected chi connectivity index (χ4v) is 3.07. The molecule has 0 saturated heterocycles. The predicted octanol–water partition coefficient (Wildman–Crippen LogP) is 3.02. The average molecular weight is 338 g/mol. The van der Waals surface area contributed by atoms with Crippen molar-refractivity contribution in [3.05, 3.63) is 59.2 Å². The molecule has 3 rings (SSSR count). The second kappa shape index (κ2) is 7.49. The summed E-state index contributed by atoms with van der Waals surface area (Å²) in [5.41, 5.74) is 4.37. The number of fused-ring (bicyclic) bond motifs is 1. The highest BCUT2D eigenvalue weighted by Crippen LogP contribution is 2.27. The molecule has 2 aromatic carbocycles. The van der Waals surface area contributed by atoms with Crippen molar-refractivity contribution >= 4 is 23.2 Å². The van der Waals surface area contributed by atoms with Gasteiger partial charge in [0.05, 0.1) is 6.61 Å². The first-order valence-electron chi connectivity index (χ1n) is 8.46. The van der Waals surface area contributed by atoms with Gasteiger partial charge in [0.2, 0.25) is 11.8 Å². The van der Waals surface area contributed by atoms with E-state index < -0.39 is 0 Å². The van der Waals surface area contributed by atoms with E-state index in [4.69, 9.17) is 0 Å². The maximum Gasteiger partial charge on any atom is 0.227 e. The van der Waals surface area contributed by atoms with Crippen LogP contribution in [-0.4, -0.2) is 16.9 Å². The lowest BCUT2D eigenvalue weighted by Gasteiger charge is -2.24. The van der Waals surface area contributed by atoms with E-state index in [1.807, 2.05) is 43.3 Å². The Balaban J connectivity index is 1.59. The molecule has 0 aromatic heterocycles. The number of hydrogen-bond acceptors (Lipinski definition) is 3. The Bertz CT molecular complexity index is 801. The monoisotopic (exact) mass is 338 g/mol. The van der Waals surface area contributed by atoms with Crippen molar-refractivity contribution in [2.24, 2.45) is 5.92 Å². The van der Waals surface area contributed by atoms with Crippen LogP contribution in [0, 0.1) is 12.8 Å². The standard InChI is InChI=1S/C20H22N2O3/c1-13-6-7-14(12-23)10-18(13)21-19(24)9-8-16-11-15-4-2-3-5-17(15)22-20(16)25/h2-7,10,16,23H,8-9,11-12H2,1H3,(H,21,24)(H,22,25). The molecule has 1 heterocycles. The van der Waals surface area contributed by atoms with Crippen LogP contribution in [-0.2, 0) is 22.6 Å². The summed E-state index contributed by atoms with van der Waals surface area (Å²) in [6.07, 6.45) is 1.45. The van der Waals surface area contributed by atoms with Crippen molar-refractivity contribution in [1.29, 1.82) is 0 Å². The van der Waals surface area contributed by atoms with Crippen molar-refractivity contribution in [2.75, 3.05) is 10.6 Å². The van der Waals surface area contributed by atoms with E-state index in [2.05, 4.69) is 10.6 Å². The highest BCUT2D eigenvalue weighted by molar-refractivity contribution is 5.96. The lowest BCUT2D eigenvalue weighted by molar-refractivity contribution is -0.121. The molecule has 0 spiro atoms. The number of benzene rings is 2. The maximum absolute atomic E-state index is 12.3. The molecule has 5 heteroatoms. The van der Waals surface area contributed by atoms with Gasteiger partial charge in [-0.05, 0) is 48.6 Å². The lowest BCUT2D eigenvalue weighted by atomic mass is 9.89. The average Bonchev–Trinajstić information content (AvgIpc) is 2.61.